The van der Waals surface area contributed by atoms with Gasteiger partial charge in [-0.05, 0) is 32.1 Å². The molecule has 1 fully saturated rings. The normalized spacial score (nSPS) is 28.6. The van der Waals surface area contributed by atoms with Crippen molar-refractivity contribution < 1.29 is 14.7 Å². The van der Waals surface area contributed by atoms with Crippen molar-refractivity contribution in [1.29, 1.82) is 0 Å². The third kappa shape index (κ3) is 2.54. The fourth-order valence-electron chi connectivity index (χ4n) is 1.71. The fourth-order valence-corrected chi connectivity index (χ4v) is 1.71. The summed E-state index contributed by atoms with van der Waals surface area (Å²) in [5.74, 6) is -0.817. The Morgan fingerprint density at radius 2 is 2.06 bits per heavy atom. The Bertz CT molecular complexity index is 311. The van der Waals surface area contributed by atoms with Gasteiger partial charge in [-0.2, -0.15) is 0 Å². The van der Waals surface area contributed by atoms with Crippen molar-refractivity contribution in [3.63, 3.8) is 0 Å². The van der Waals surface area contributed by atoms with Gasteiger partial charge >= 0.3 is 5.97 Å². The molecular formula is C12H21NO3. The number of rotatable bonds is 5. The molecule has 0 heterocycles. The minimum absolute atomic E-state index is 0.00123. The molecule has 1 aliphatic rings. The number of carbonyl (C=O) groups is 2. The highest BCUT2D eigenvalue weighted by Gasteiger charge is 2.52. The number of carbonyl (C=O) groups excluding carboxylic acids is 1. The molecule has 16 heavy (non-hydrogen) atoms. The summed E-state index contributed by atoms with van der Waals surface area (Å²) in [5.41, 5.74) is -0.759. The van der Waals surface area contributed by atoms with E-state index in [-0.39, 0.29) is 23.8 Å². The van der Waals surface area contributed by atoms with E-state index in [1.807, 2.05) is 0 Å². The molecule has 0 aromatic rings. The van der Waals surface area contributed by atoms with E-state index in [1.165, 1.54) is 0 Å². The zero-order valence-electron chi connectivity index (χ0n) is 10.5. The molecule has 0 spiro atoms. The Balaban J connectivity index is 2.41. The lowest BCUT2D eigenvalue weighted by Gasteiger charge is -2.19. The van der Waals surface area contributed by atoms with Gasteiger partial charge in [-0.25, -0.2) is 0 Å². The lowest BCUT2D eigenvalue weighted by molar-refractivity contribution is -0.146. The first-order valence-corrected chi connectivity index (χ1v) is 5.74. The summed E-state index contributed by atoms with van der Waals surface area (Å²) < 4.78 is 0. The number of carboxylic acid groups (broad SMARTS) is 1. The molecule has 0 aromatic carbocycles. The molecule has 0 saturated heterocycles. The van der Waals surface area contributed by atoms with Gasteiger partial charge in [-0.1, -0.05) is 13.8 Å². The van der Waals surface area contributed by atoms with Gasteiger partial charge in [0.1, 0.15) is 0 Å². The average molecular weight is 227 g/mol. The molecule has 2 unspecified atom stereocenters. The Morgan fingerprint density at radius 3 is 2.44 bits per heavy atom. The van der Waals surface area contributed by atoms with Crippen molar-refractivity contribution in [3.05, 3.63) is 0 Å². The molecule has 0 aliphatic heterocycles. The minimum atomic E-state index is -0.896. The van der Waals surface area contributed by atoms with Crippen molar-refractivity contribution in [2.45, 2.75) is 40.5 Å². The second kappa shape index (κ2) is 4.07. The second-order valence-electron chi connectivity index (χ2n) is 5.67. The number of amides is 1. The van der Waals surface area contributed by atoms with Crippen molar-refractivity contribution in [2.24, 2.45) is 16.7 Å². The SMILES string of the molecule is CCC1(C)CC1C(=O)NCC(C)(C)C(=O)O. The Labute approximate surface area is 96.4 Å². The highest BCUT2D eigenvalue weighted by molar-refractivity contribution is 5.83. The second-order valence-corrected chi connectivity index (χ2v) is 5.67. The van der Waals surface area contributed by atoms with Crippen molar-refractivity contribution in [2.75, 3.05) is 6.54 Å². The summed E-state index contributed by atoms with van der Waals surface area (Å²) in [5, 5.41) is 11.6. The van der Waals surface area contributed by atoms with E-state index in [0.29, 0.717) is 0 Å². The number of aliphatic carboxylic acids is 1. The summed E-state index contributed by atoms with van der Waals surface area (Å²) in [4.78, 5) is 22.6. The van der Waals surface area contributed by atoms with E-state index in [1.54, 1.807) is 13.8 Å². The molecule has 1 saturated carbocycles. The van der Waals surface area contributed by atoms with Crippen LogP contribution in [-0.4, -0.2) is 23.5 Å². The zero-order chi connectivity index (χ0) is 12.6. The Kier molecular flexibility index (Phi) is 3.31. The number of carboxylic acids is 1. The largest absolute Gasteiger partial charge is 0.481 e. The molecular weight excluding hydrogens is 206 g/mol. The third-order valence-corrected chi connectivity index (χ3v) is 3.76. The predicted molar refractivity (Wildman–Crippen MR) is 60.9 cm³/mol. The standard InChI is InChI=1S/C12H21NO3/c1-5-12(4)6-8(12)9(14)13-7-11(2,3)10(15)16/h8H,5-7H2,1-4H3,(H,13,14)(H,15,16). The van der Waals surface area contributed by atoms with Crippen LogP contribution >= 0.6 is 0 Å². The topological polar surface area (TPSA) is 66.4 Å². The Morgan fingerprint density at radius 1 is 1.50 bits per heavy atom. The lowest BCUT2D eigenvalue weighted by atomic mass is 9.93. The first kappa shape index (κ1) is 13.0. The molecule has 4 nitrogen and oxygen atoms in total. The first-order valence-electron chi connectivity index (χ1n) is 5.74. The van der Waals surface area contributed by atoms with Crippen LogP contribution in [0.4, 0.5) is 0 Å². The van der Waals surface area contributed by atoms with E-state index >= 15 is 0 Å². The van der Waals surface area contributed by atoms with Crippen LogP contribution in [-0.2, 0) is 9.59 Å². The Hall–Kier alpha value is -1.06. The highest BCUT2D eigenvalue weighted by Crippen LogP contribution is 2.54. The lowest BCUT2D eigenvalue weighted by Crippen LogP contribution is -2.40. The van der Waals surface area contributed by atoms with Gasteiger partial charge < -0.3 is 10.4 Å². The molecule has 2 atom stereocenters. The summed E-state index contributed by atoms with van der Waals surface area (Å²) in [6.07, 6.45) is 1.91. The van der Waals surface area contributed by atoms with Crippen LogP contribution in [0.15, 0.2) is 0 Å². The van der Waals surface area contributed by atoms with Crippen LogP contribution in [0.5, 0.6) is 0 Å². The van der Waals surface area contributed by atoms with Crippen molar-refractivity contribution >= 4 is 11.9 Å². The quantitative estimate of drug-likeness (QED) is 0.750. The summed E-state index contributed by atoms with van der Waals surface area (Å²) in [7, 11) is 0. The van der Waals surface area contributed by atoms with Crippen LogP contribution in [0, 0.1) is 16.7 Å². The number of hydrogen-bond acceptors (Lipinski definition) is 2. The predicted octanol–water partition coefficient (Wildman–Crippen LogP) is 1.65. The minimum Gasteiger partial charge on any atom is -0.481 e. The molecule has 92 valence electrons. The van der Waals surface area contributed by atoms with Gasteiger partial charge in [-0.3, -0.25) is 9.59 Å². The molecule has 0 radical (unpaired) electrons. The van der Waals surface area contributed by atoms with Gasteiger partial charge in [0.25, 0.3) is 0 Å². The molecule has 1 aliphatic carbocycles. The highest BCUT2D eigenvalue weighted by atomic mass is 16.4. The fraction of sp³-hybridized carbons (Fsp3) is 0.833. The van der Waals surface area contributed by atoms with Crippen LogP contribution in [0.3, 0.4) is 0 Å². The van der Waals surface area contributed by atoms with E-state index in [9.17, 15) is 9.59 Å². The maximum absolute atomic E-state index is 11.7. The average Bonchev–Trinajstić information content (AvgIpc) is 2.88. The van der Waals surface area contributed by atoms with Gasteiger partial charge in [0.2, 0.25) is 5.91 Å². The monoisotopic (exact) mass is 227 g/mol. The van der Waals surface area contributed by atoms with Gasteiger partial charge in [-0.15, -0.1) is 0 Å². The van der Waals surface area contributed by atoms with Crippen LogP contribution in [0.25, 0.3) is 0 Å². The van der Waals surface area contributed by atoms with E-state index < -0.39 is 11.4 Å². The van der Waals surface area contributed by atoms with Gasteiger partial charge in [0, 0.05) is 12.5 Å². The first-order chi connectivity index (χ1) is 7.23. The maximum atomic E-state index is 11.7. The van der Waals surface area contributed by atoms with Crippen LogP contribution in [0.2, 0.25) is 0 Å². The molecule has 1 rings (SSSR count). The van der Waals surface area contributed by atoms with E-state index in [0.717, 1.165) is 12.8 Å². The molecule has 1 amide bonds. The number of nitrogens with one attached hydrogen (secondary N) is 1. The maximum Gasteiger partial charge on any atom is 0.310 e. The van der Waals surface area contributed by atoms with Crippen LogP contribution in [0.1, 0.15) is 40.5 Å². The summed E-state index contributed by atoms with van der Waals surface area (Å²) in [6.45, 7) is 7.59. The molecule has 0 bridgehead atoms. The van der Waals surface area contributed by atoms with E-state index in [4.69, 9.17) is 5.11 Å². The van der Waals surface area contributed by atoms with Crippen molar-refractivity contribution in [3.8, 4) is 0 Å². The molecule has 0 aromatic heterocycles. The number of hydrogen-bond donors (Lipinski definition) is 2. The summed E-state index contributed by atoms with van der Waals surface area (Å²) >= 11 is 0. The van der Waals surface area contributed by atoms with Gasteiger partial charge in [0.15, 0.2) is 0 Å². The smallest absolute Gasteiger partial charge is 0.310 e. The van der Waals surface area contributed by atoms with Gasteiger partial charge in [0.05, 0.1) is 5.41 Å². The summed E-state index contributed by atoms with van der Waals surface area (Å²) in [6, 6.07) is 0. The third-order valence-electron chi connectivity index (χ3n) is 3.76. The molecule has 4 heteroatoms. The van der Waals surface area contributed by atoms with E-state index in [2.05, 4.69) is 19.2 Å². The zero-order valence-corrected chi connectivity index (χ0v) is 10.5. The molecule has 2 N–H and O–H groups in total. The van der Waals surface area contributed by atoms with Crippen LogP contribution < -0.4 is 5.32 Å². The van der Waals surface area contributed by atoms with Crippen molar-refractivity contribution in [1.82, 2.24) is 5.32 Å².